The van der Waals surface area contributed by atoms with Gasteiger partial charge in [0.25, 0.3) is 0 Å². The Morgan fingerprint density at radius 1 is 0.457 bits per heavy atom. The predicted octanol–water partition coefficient (Wildman–Crippen LogP) is 15.3. The number of hydrogen-bond acceptors (Lipinski definition) is 12. The molecule has 5 aliphatic heterocycles. The Hall–Kier alpha value is -6.26. The number of rotatable bonds is 17. The SMILES string of the molecule is CC.CCN1Cc2ccccc2C(C2CCCC2)(C2CCN(CC3(C)CN(c4ccc(S(=O)(=O)c5ccncc5)cc4)C3)CC2)C1.CCN1Cc2ccccc2C(C2CCCC2)(C2CCN(Cc3ccccc3Oc3ccc(S(=O)(=O)c4ccncc4)cc3)CC2)C1. The summed E-state index contributed by atoms with van der Waals surface area (Å²) in [5.74, 6) is 4.48. The number of sulfone groups is 2. The predicted molar refractivity (Wildman–Crippen MR) is 370 cm³/mol. The van der Waals surface area contributed by atoms with Crippen LogP contribution in [0, 0.1) is 29.1 Å². The zero-order chi connectivity index (χ0) is 63.9. The Morgan fingerprint density at radius 2 is 0.859 bits per heavy atom. The maximum Gasteiger partial charge on any atom is 0.206 e. The lowest BCUT2D eigenvalue weighted by atomic mass is 9.57. The van der Waals surface area contributed by atoms with Crippen molar-refractivity contribution < 1.29 is 21.6 Å². The summed E-state index contributed by atoms with van der Waals surface area (Å²) in [6.07, 6.45) is 22.2. The van der Waals surface area contributed by atoms with Crippen molar-refractivity contribution in [3.63, 3.8) is 0 Å². The van der Waals surface area contributed by atoms with E-state index < -0.39 is 19.7 Å². The number of pyridine rings is 2. The van der Waals surface area contributed by atoms with Gasteiger partial charge in [-0.2, -0.15) is 0 Å². The molecule has 0 N–H and O–H groups in total. The van der Waals surface area contributed by atoms with Gasteiger partial charge in [0.1, 0.15) is 11.5 Å². The first-order valence-electron chi connectivity index (χ1n) is 34.9. The highest BCUT2D eigenvalue weighted by atomic mass is 32.2. The van der Waals surface area contributed by atoms with E-state index in [0.29, 0.717) is 22.0 Å². The van der Waals surface area contributed by atoms with Crippen molar-refractivity contribution in [3.05, 3.63) is 198 Å². The zero-order valence-electron chi connectivity index (χ0n) is 55.3. The van der Waals surface area contributed by atoms with E-state index in [0.717, 1.165) is 100 Å². The third-order valence-corrected chi connectivity index (χ3v) is 26.0. The fourth-order valence-corrected chi connectivity index (χ4v) is 20.5. The molecule has 2 aromatic heterocycles. The lowest BCUT2D eigenvalue weighted by Crippen LogP contribution is -2.61. The summed E-state index contributed by atoms with van der Waals surface area (Å²) in [4.78, 5) is 22.1. The highest BCUT2D eigenvalue weighted by Crippen LogP contribution is 2.55. The summed E-state index contributed by atoms with van der Waals surface area (Å²) < 4.78 is 58.3. The molecule has 7 aliphatic rings. The van der Waals surface area contributed by atoms with Crippen molar-refractivity contribution in [1.29, 1.82) is 0 Å². The van der Waals surface area contributed by atoms with E-state index >= 15 is 0 Å². The molecule has 0 spiro atoms. The van der Waals surface area contributed by atoms with Crippen LogP contribution < -0.4 is 9.64 Å². The first-order chi connectivity index (χ1) is 44.8. The molecule has 7 heterocycles. The van der Waals surface area contributed by atoms with E-state index in [1.165, 1.54) is 140 Å². The Balaban J connectivity index is 0.000000173. The lowest BCUT2D eigenvalue weighted by molar-refractivity contribution is 0.0268. The third kappa shape index (κ3) is 13.5. The van der Waals surface area contributed by atoms with Gasteiger partial charge >= 0.3 is 0 Å². The minimum Gasteiger partial charge on any atom is -0.457 e. The minimum atomic E-state index is -3.60. The topological polar surface area (TPSA) is 119 Å². The normalized spacial score (nSPS) is 22.9. The van der Waals surface area contributed by atoms with Crippen LogP contribution in [0.25, 0.3) is 0 Å². The van der Waals surface area contributed by atoms with Crippen LogP contribution in [-0.4, -0.2) is 118 Å². The standard InChI is InChI=1S/C39H45N3O3S.C37H48N4O2S.C2H6/c1-2-41-27-30-9-3-7-13-37(30)39(29-41,32-11-5-6-12-32)33-21-25-42(26-22-33)28-31-10-4-8-14-38(31)45-34-15-17-35(18-16-34)46(43,44)36-19-23-40-24-20-36;1-3-39-24-29-8-4-7-11-35(29)37(28-39,30-9-5-6-10-30)31-18-22-40(23-19-31)25-36(2)26-41(27-36)32-12-14-33(15-13-32)44(42,43)34-16-20-38-21-17-34;1-2/h3-4,7-10,13-20,23-24,32-33H,2,5-6,11-12,21-22,25-29H2,1H3;4,7-8,11-17,20-21,30-31H,3,5-6,9-10,18-19,22-28H2,1-2H3;1-2H3. The molecule has 92 heavy (non-hydrogen) atoms. The van der Waals surface area contributed by atoms with E-state index in [4.69, 9.17) is 4.74 Å². The Labute approximate surface area is 550 Å². The molecule has 2 atom stereocenters. The van der Waals surface area contributed by atoms with Crippen molar-refractivity contribution >= 4 is 25.4 Å². The van der Waals surface area contributed by atoms with E-state index in [1.807, 2.05) is 38.1 Å². The maximum atomic E-state index is 13.0. The molecule has 0 radical (unpaired) electrons. The molecule has 0 bridgehead atoms. The van der Waals surface area contributed by atoms with Crippen LogP contribution in [-0.2, 0) is 50.1 Å². The van der Waals surface area contributed by atoms with Gasteiger partial charge in [-0.3, -0.25) is 24.7 Å². The fourth-order valence-electron chi connectivity index (χ4n) is 18.0. The molecule has 12 nitrogen and oxygen atoms in total. The molecule has 488 valence electrons. The van der Waals surface area contributed by atoms with Crippen LogP contribution in [0.1, 0.15) is 139 Å². The van der Waals surface area contributed by atoms with Crippen molar-refractivity contribution in [2.75, 3.05) is 76.9 Å². The molecule has 7 aromatic rings. The molecule has 2 unspecified atom stereocenters. The average Bonchev–Trinajstić information content (AvgIpc) is 1.07. The van der Waals surface area contributed by atoms with Crippen LogP contribution in [0.2, 0.25) is 0 Å². The molecule has 14 rings (SSSR count). The number of benzene rings is 5. The van der Waals surface area contributed by atoms with Crippen LogP contribution >= 0.6 is 0 Å². The minimum absolute atomic E-state index is 0.231. The second-order valence-electron chi connectivity index (χ2n) is 27.8. The van der Waals surface area contributed by atoms with Gasteiger partial charge in [0.15, 0.2) is 0 Å². The highest BCUT2D eigenvalue weighted by Gasteiger charge is 2.53. The van der Waals surface area contributed by atoms with Gasteiger partial charge < -0.3 is 14.5 Å². The monoisotopic (exact) mass is 1280 g/mol. The van der Waals surface area contributed by atoms with Gasteiger partial charge in [-0.05, 0) is 215 Å². The molecule has 14 heteroatoms. The molecule has 3 saturated heterocycles. The van der Waals surface area contributed by atoms with Gasteiger partial charge in [-0.25, -0.2) is 16.8 Å². The summed E-state index contributed by atoms with van der Waals surface area (Å²) in [6, 6.07) is 47.3. The number of likely N-dealkylation sites (N-methyl/N-ethyl adjacent to an activating group) is 2. The molecule has 0 amide bonds. The molecule has 2 saturated carbocycles. The molecular weight excluding hydrogens is 1180 g/mol. The van der Waals surface area contributed by atoms with Gasteiger partial charge in [0, 0.05) is 105 Å². The summed E-state index contributed by atoms with van der Waals surface area (Å²) in [6.45, 7) is 26.6. The first kappa shape index (κ1) is 65.8. The number of aromatic nitrogens is 2. The van der Waals surface area contributed by atoms with Gasteiger partial charge in [0.05, 0.1) is 19.6 Å². The van der Waals surface area contributed by atoms with Crippen LogP contribution in [0.4, 0.5) is 5.69 Å². The van der Waals surface area contributed by atoms with E-state index in [2.05, 4.69) is 116 Å². The quantitative estimate of drug-likeness (QED) is 0.0863. The van der Waals surface area contributed by atoms with Crippen LogP contribution in [0.3, 0.4) is 0 Å². The van der Waals surface area contributed by atoms with Crippen molar-refractivity contribution in [1.82, 2.24) is 29.6 Å². The van der Waals surface area contributed by atoms with E-state index in [-0.39, 0.29) is 25.5 Å². The average molecular weight is 1280 g/mol. The largest absolute Gasteiger partial charge is 0.457 e. The number of para-hydroxylation sites is 1. The lowest BCUT2D eigenvalue weighted by Gasteiger charge is -2.55. The Bertz CT molecular complexity index is 3770. The summed E-state index contributed by atoms with van der Waals surface area (Å²) >= 11 is 0. The number of anilines is 1. The summed E-state index contributed by atoms with van der Waals surface area (Å²) in [5.41, 5.74) is 9.56. The molecular formula is C78H99N7O5S2. The number of likely N-dealkylation sites (tertiary alicyclic amines) is 2. The smallest absolute Gasteiger partial charge is 0.206 e. The maximum absolute atomic E-state index is 13.0. The van der Waals surface area contributed by atoms with Gasteiger partial charge in [-0.15, -0.1) is 0 Å². The molecule has 5 aromatic carbocycles. The Morgan fingerprint density at radius 3 is 1.33 bits per heavy atom. The van der Waals surface area contributed by atoms with Gasteiger partial charge in [0.2, 0.25) is 19.7 Å². The van der Waals surface area contributed by atoms with E-state index in [1.54, 1.807) is 70.8 Å². The van der Waals surface area contributed by atoms with Crippen molar-refractivity contribution in [2.24, 2.45) is 29.1 Å². The Kier molecular flexibility index (Phi) is 20.6. The molecule has 5 fully saturated rings. The summed E-state index contributed by atoms with van der Waals surface area (Å²) in [7, 11) is -7.13. The second-order valence-corrected chi connectivity index (χ2v) is 31.7. The van der Waals surface area contributed by atoms with Gasteiger partial charge in [-0.1, -0.05) is 127 Å². The highest BCUT2D eigenvalue weighted by molar-refractivity contribution is 7.91. The van der Waals surface area contributed by atoms with Crippen molar-refractivity contribution in [2.45, 2.75) is 162 Å². The zero-order valence-corrected chi connectivity index (χ0v) is 57.0. The van der Waals surface area contributed by atoms with Crippen LogP contribution in [0.15, 0.2) is 190 Å². The second kappa shape index (κ2) is 28.8. The molecule has 2 aliphatic carbocycles. The number of piperidine rings is 2. The van der Waals surface area contributed by atoms with Crippen molar-refractivity contribution in [3.8, 4) is 11.5 Å². The number of nitrogens with zero attached hydrogens (tertiary/aromatic N) is 7. The number of hydrogen-bond donors (Lipinski definition) is 0. The number of fused-ring (bicyclic) bond motifs is 2. The third-order valence-electron chi connectivity index (χ3n) is 22.4. The number of ether oxygens (including phenoxy) is 1. The fraction of sp³-hybridized carbons (Fsp3) is 0.487. The van der Waals surface area contributed by atoms with Crippen LogP contribution in [0.5, 0.6) is 11.5 Å². The summed E-state index contributed by atoms with van der Waals surface area (Å²) in [5, 5.41) is 0. The first-order valence-corrected chi connectivity index (χ1v) is 37.8. The van der Waals surface area contributed by atoms with E-state index in [9.17, 15) is 16.8 Å².